The smallest absolute Gasteiger partial charge is 0.237 e. The van der Waals surface area contributed by atoms with Crippen molar-refractivity contribution in [1.29, 1.82) is 0 Å². The molecule has 1 N–H and O–H groups in total. The second-order valence-electron chi connectivity index (χ2n) is 5.92. The number of halogens is 1. The lowest BCUT2D eigenvalue weighted by molar-refractivity contribution is -0.115. The minimum atomic E-state index is -0.374. The largest absolute Gasteiger partial charge is 0.325 e. The van der Waals surface area contributed by atoms with E-state index in [0.717, 1.165) is 11.3 Å². The van der Waals surface area contributed by atoms with Gasteiger partial charge in [-0.2, -0.15) is 4.68 Å². The molecule has 0 fully saturated rings. The van der Waals surface area contributed by atoms with Crippen molar-refractivity contribution in [2.24, 2.45) is 0 Å². The fourth-order valence-electron chi connectivity index (χ4n) is 2.44. The molecular weight excluding hydrogens is 370 g/mol. The molecule has 0 aliphatic carbocycles. The standard InChI is InChI=1S/C18H18ClN5OS/c1-11-4-9-16(12(2)10-11)24-18(21-22-23-24)26-13(3)17(25)20-15-7-5-14(19)6-8-15/h4-10,13H,1-3H3,(H,20,25)/t13-/m0/s1. The van der Waals surface area contributed by atoms with Crippen molar-refractivity contribution < 1.29 is 4.79 Å². The molecule has 1 aromatic heterocycles. The number of carbonyl (C=O) groups is 1. The summed E-state index contributed by atoms with van der Waals surface area (Å²) in [4.78, 5) is 12.4. The summed E-state index contributed by atoms with van der Waals surface area (Å²) in [5, 5.41) is 15.6. The Labute approximate surface area is 160 Å². The number of carbonyl (C=O) groups excluding carboxylic acids is 1. The van der Waals surface area contributed by atoms with E-state index in [1.807, 2.05) is 32.9 Å². The minimum Gasteiger partial charge on any atom is -0.325 e. The van der Waals surface area contributed by atoms with Crippen LogP contribution in [0, 0.1) is 13.8 Å². The highest BCUT2D eigenvalue weighted by molar-refractivity contribution is 8.00. The van der Waals surface area contributed by atoms with Crippen LogP contribution in [-0.2, 0) is 4.79 Å². The fourth-order valence-corrected chi connectivity index (χ4v) is 3.36. The SMILES string of the molecule is Cc1ccc(-n2nnnc2S[C@@H](C)C(=O)Nc2ccc(Cl)cc2)c(C)c1. The number of aromatic nitrogens is 4. The van der Waals surface area contributed by atoms with E-state index in [1.165, 1.54) is 17.3 Å². The van der Waals surface area contributed by atoms with Crippen LogP contribution in [0.25, 0.3) is 5.69 Å². The molecule has 0 saturated heterocycles. The number of hydrogen-bond donors (Lipinski definition) is 1. The maximum absolute atomic E-state index is 12.4. The van der Waals surface area contributed by atoms with Gasteiger partial charge in [0.25, 0.3) is 0 Å². The summed E-state index contributed by atoms with van der Waals surface area (Å²) in [6, 6.07) is 13.0. The summed E-state index contributed by atoms with van der Waals surface area (Å²) in [5.74, 6) is -0.132. The molecule has 2 aromatic carbocycles. The molecule has 0 saturated carbocycles. The van der Waals surface area contributed by atoms with Crippen LogP contribution in [-0.4, -0.2) is 31.4 Å². The normalized spacial score (nSPS) is 12.0. The summed E-state index contributed by atoms with van der Waals surface area (Å²) in [6.07, 6.45) is 0. The lowest BCUT2D eigenvalue weighted by atomic mass is 10.1. The van der Waals surface area contributed by atoms with Crippen LogP contribution >= 0.6 is 23.4 Å². The Kier molecular flexibility index (Phi) is 5.58. The third-order valence-corrected chi connectivity index (χ3v) is 5.07. The zero-order valence-electron chi connectivity index (χ0n) is 14.6. The molecule has 1 amide bonds. The summed E-state index contributed by atoms with van der Waals surface area (Å²) in [5.41, 5.74) is 3.83. The van der Waals surface area contributed by atoms with Gasteiger partial charge in [0.05, 0.1) is 10.9 Å². The third kappa shape index (κ3) is 4.23. The highest BCUT2D eigenvalue weighted by Gasteiger charge is 2.20. The summed E-state index contributed by atoms with van der Waals surface area (Å²) in [6.45, 7) is 5.86. The highest BCUT2D eigenvalue weighted by atomic mass is 35.5. The molecule has 0 spiro atoms. The number of rotatable bonds is 5. The van der Waals surface area contributed by atoms with E-state index >= 15 is 0 Å². The van der Waals surface area contributed by atoms with Gasteiger partial charge in [0, 0.05) is 10.7 Å². The molecule has 8 heteroatoms. The molecule has 0 aliphatic rings. The zero-order valence-corrected chi connectivity index (χ0v) is 16.2. The summed E-state index contributed by atoms with van der Waals surface area (Å²) in [7, 11) is 0. The first-order valence-electron chi connectivity index (χ1n) is 8.03. The number of thioether (sulfide) groups is 1. The van der Waals surface area contributed by atoms with Gasteiger partial charge in [0.1, 0.15) is 0 Å². The Morgan fingerprint density at radius 2 is 1.92 bits per heavy atom. The van der Waals surface area contributed by atoms with Crippen LogP contribution in [0.3, 0.4) is 0 Å². The lowest BCUT2D eigenvalue weighted by Crippen LogP contribution is -2.22. The molecule has 3 aromatic rings. The Hall–Kier alpha value is -2.38. The highest BCUT2D eigenvalue weighted by Crippen LogP contribution is 2.25. The van der Waals surface area contributed by atoms with Crippen LogP contribution in [0.1, 0.15) is 18.1 Å². The zero-order chi connectivity index (χ0) is 18.7. The average molecular weight is 388 g/mol. The minimum absolute atomic E-state index is 0.132. The van der Waals surface area contributed by atoms with E-state index in [-0.39, 0.29) is 11.2 Å². The van der Waals surface area contributed by atoms with E-state index in [9.17, 15) is 4.79 Å². The first kappa shape index (κ1) is 18.4. The van der Waals surface area contributed by atoms with Gasteiger partial charge in [0.2, 0.25) is 11.1 Å². The van der Waals surface area contributed by atoms with Crippen molar-refractivity contribution in [2.45, 2.75) is 31.2 Å². The summed E-state index contributed by atoms with van der Waals surface area (Å²) >= 11 is 7.17. The molecule has 3 rings (SSSR count). The number of anilines is 1. The molecule has 6 nitrogen and oxygen atoms in total. The third-order valence-electron chi connectivity index (χ3n) is 3.78. The molecular formula is C18H18ClN5OS. The molecule has 0 bridgehead atoms. The van der Waals surface area contributed by atoms with Crippen molar-refractivity contribution in [3.05, 3.63) is 58.6 Å². The number of amides is 1. The Morgan fingerprint density at radius 3 is 2.62 bits per heavy atom. The predicted octanol–water partition coefficient (Wildman–Crippen LogP) is 4.05. The van der Waals surface area contributed by atoms with Crippen molar-refractivity contribution in [2.75, 3.05) is 5.32 Å². The molecule has 1 heterocycles. The number of aryl methyl sites for hydroxylation is 2. The maximum Gasteiger partial charge on any atom is 0.237 e. The lowest BCUT2D eigenvalue weighted by Gasteiger charge is -2.13. The van der Waals surface area contributed by atoms with E-state index in [0.29, 0.717) is 15.9 Å². The van der Waals surface area contributed by atoms with Crippen molar-refractivity contribution in [1.82, 2.24) is 20.2 Å². The van der Waals surface area contributed by atoms with Gasteiger partial charge in [0.15, 0.2) is 0 Å². The van der Waals surface area contributed by atoms with E-state index < -0.39 is 0 Å². The Morgan fingerprint density at radius 1 is 1.19 bits per heavy atom. The van der Waals surface area contributed by atoms with E-state index in [2.05, 4.69) is 26.9 Å². The van der Waals surface area contributed by atoms with E-state index in [1.54, 1.807) is 28.9 Å². The first-order chi connectivity index (χ1) is 12.4. The van der Waals surface area contributed by atoms with Crippen molar-refractivity contribution in [3.63, 3.8) is 0 Å². The van der Waals surface area contributed by atoms with Crippen LogP contribution in [0.15, 0.2) is 47.6 Å². The van der Waals surface area contributed by atoms with Gasteiger partial charge in [-0.15, -0.1) is 5.10 Å². The number of nitrogens with zero attached hydrogens (tertiary/aromatic N) is 4. The molecule has 0 unspecified atom stereocenters. The second-order valence-corrected chi connectivity index (χ2v) is 7.66. The molecule has 0 aliphatic heterocycles. The fraction of sp³-hybridized carbons (Fsp3) is 0.222. The number of tetrazole rings is 1. The first-order valence-corrected chi connectivity index (χ1v) is 9.29. The second kappa shape index (κ2) is 7.88. The van der Waals surface area contributed by atoms with Crippen molar-refractivity contribution in [3.8, 4) is 5.69 Å². The quantitative estimate of drug-likeness (QED) is 0.668. The number of nitrogens with one attached hydrogen (secondary N) is 1. The summed E-state index contributed by atoms with van der Waals surface area (Å²) < 4.78 is 1.66. The molecule has 26 heavy (non-hydrogen) atoms. The monoisotopic (exact) mass is 387 g/mol. The van der Waals surface area contributed by atoms with Crippen LogP contribution < -0.4 is 5.32 Å². The van der Waals surface area contributed by atoms with Gasteiger partial charge in [-0.05, 0) is 67.1 Å². The van der Waals surface area contributed by atoms with Gasteiger partial charge < -0.3 is 5.32 Å². The van der Waals surface area contributed by atoms with Gasteiger partial charge in [-0.3, -0.25) is 4.79 Å². The van der Waals surface area contributed by atoms with Crippen LogP contribution in [0.2, 0.25) is 5.02 Å². The molecule has 0 radical (unpaired) electrons. The topological polar surface area (TPSA) is 72.7 Å². The van der Waals surface area contributed by atoms with Gasteiger partial charge in [-0.1, -0.05) is 41.1 Å². The van der Waals surface area contributed by atoms with Crippen LogP contribution in [0.5, 0.6) is 0 Å². The number of benzene rings is 2. The number of hydrogen-bond acceptors (Lipinski definition) is 5. The molecule has 1 atom stereocenters. The molecule has 134 valence electrons. The predicted molar refractivity (Wildman–Crippen MR) is 104 cm³/mol. The maximum atomic E-state index is 12.4. The van der Waals surface area contributed by atoms with Crippen molar-refractivity contribution >= 4 is 35.0 Å². The average Bonchev–Trinajstić information content (AvgIpc) is 3.04. The van der Waals surface area contributed by atoms with Gasteiger partial charge >= 0.3 is 0 Å². The van der Waals surface area contributed by atoms with Gasteiger partial charge in [-0.25, -0.2) is 0 Å². The van der Waals surface area contributed by atoms with Crippen LogP contribution in [0.4, 0.5) is 5.69 Å². The Balaban J connectivity index is 1.74. The van der Waals surface area contributed by atoms with E-state index in [4.69, 9.17) is 11.6 Å². The Bertz CT molecular complexity index is 926.